The predicted octanol–water partition coefficient (Wildman–Crippen LogP) is 7.56. The van der Waals surface area contributed by atoms with Crippen LogP contribution in [0.15, 0.2) is 65.1 Å². The van der Waals surface area contributed by atoms with E-state index in [4.69, 9.17) is 4.74 Å². The highest BCUT2D eigenvalue weighted by molar-refractivity contribution is 6.24. The average Bonchev–Trinajstić information content (AvgIpc) is 2.85. The van der Waals surface area contributed by atoms with Gasteiger partial charge >= 0.3 is 6.18 Å². The number of alkyl halides is 3. The van der Waals surface area contributed by atoms with E-state index in [1.165, 1.54) is 24.3 Å². The van der Waals surface area contributed by atoms with Crippen LogP contribution in [0.5, 0.6) is 11.5 Å². The summed E-state index contributed by atoms with van der Waals surface area (Å²) in [5.74, 6) is -2.91. The fourth-order valence-electron chi connectivity index (χ4n) is 4.62. The summed E-state index contributed by atoms with van der Waals surface area (Å²) in [6, 6.07) is 8.05. The lowest BCUT2D eigenvalue weighted by Crippen LogP contribution is -2.40. The first kappa shape index (κ1) is 28.0. The van der Waals surface area contributed by atoms with E-state index in [0.717, 1.165) is 18.2 Å². The third kappa shape index (κ3) is 5.40. The molecule has 37 heavy (non-hydrogen) atoms. The van der Waals surface area contributed by atoms with Gasteiger partial charge in [-0.1, -0.05) is 26.8 Å². The minimum Gasteiger partial charge on any atom is -0.511 e. The summed E-state index contributed by atoms with van der Waals surface area (Å²) in [5, 5.41) is 21.3. The van der Waals surface area contributed by atoms with Crippen LogP contribution < -0.4 is 4.74 Å². The van der Waals surface area contributed by atoms with Crippen molar-refractivity contribution in [3.8, 4) is 11.5 Å². The van der Waals surface area contributed by atoms with Gasteiger partial charge in [-0.25, -0.2) is 4.39 Å². The Kier molecular flexibility index (Phi) is 8.15. The van der Waals surface area contributed by atoms with Gasteiger partial charge in [0.1, 0.15) is 34.4 Å². The van der Waals surface area contributed by atoms with Crippen LogP contribution in [0.2, 0.25) is 0 Å². The van der Waals surface area contributed by atoms with Crippen LogP contribution in [0, 0.1) is 11.2 Å². The Hall–Kier alpha value is -3.62. The number of halogens is 4. The molecule has 1 aliphatic rings. The average molecular weight is 521 g/mol. The summed E-state index contributed by atoms with van der Waals surface area (Å²) in [6.07, 6.45) is -5.03. The molecular formula is C28H28F4O5. The minimum absolute atomic E-state index is 0.0879. The van der Waals surface area contributed by atoms with Gasteiger partial charge in [-0.05, 0) is 67.6 Å². The fraction of sp³-hybridized carbons (Fsp3) is 0.357. The van der Waals surface area contributed by atoms with Crippen molar-refractivity contribution in [2.45, 2.75) is 59.1 Å². The number of ketones is 2. The van der Waals surface area contributed by atoms with Gasteiger partial charge in [0.2, 0.25) is 0 Å². The Morgan fingerprint density at radius 3 is 2.11 bits per heavy atom. The van der Waals surface area contributed by atoms with Gasteiger partial charge in [-0.15, -0.1) is 0 Å². The molecule has 0 saturated heterocycles. The molecular weight excluding hydrogens is 492 g/mol. The molecule has 198 valence electrons. The normalized spacial score (nSPS) is 15.8. The van der Waals surface area contributed by atoms with Crippen LogP contribution in [0.1, 0.15) is 57.6 Å². The van der Waals surface area contributed by atoms with E-state index in [2.05, 4.69) is 0 Å². The van der Waals surface area contributed by atoms with Crippen molar-refractivity contribution in [3.05, 3.63) is 82.1 Å². The molecule has 2 N–H and O–H groups in total. The molecule has 0 radical (unpaired) electrons. The summed E-state index contributed by atoms with van der Waals surface area (Å²) in [4.78, 5) is 26.4. The highest BCUT2D eigenvalue weighted by Crippen LogP contribution is 2.45. The van der Waals surface area contributed by atoms with Crippen LogP contribution >= 0.6 is 0 Å². The Labute approximate surface area is 212 Å². The molecule has 0 heterocycles. The summed E-state index contributed by atoms with van der Waals surface area (Å²) in [6.45, 7) is 5.02. The molecule has 0 amide bonds. The molecule has 0 atom stereocenters. The monoisotopic (exact) mass is 520 g/mol. The first-order chi connectivity index (χ1) is 17.4. The van der Waals surface area contributed by atoms with Crippen LogP contribution in [0.25, 0.3) is 0 Å². The number of Topliss-reactive ketones (excluding diaryl/α,β-unsaturated/α-hetero) is 2. The number of ether oxygens (including phenoxy) is 1. The summed E-state index contributed by atoms with van der Waals surface area (Å²) < 4.78 is 60.0. The van der Waals surface area contributed by atoms with E-state index in [-0.39, 0.29) is 54.1 Å². The van der Waals surface area contributed by atoms with Crippen LogP contribution in [0.3, 0.4) is 0 Å². The van der Waals surface area contributed by atoms with Crippen LogP contribution in [0.4, 0.5) is 17.6 Å². The second kappa shape index (κ2) is 10.8. The molecule has 1 aliphatic carbocycles. The van der Waals surface area contributed by atoms with Crippen LogP contribution in [-0.2, 0) is 22.2 Å². The summed E-state index contributed by atoms with van der Waals surface area (Å²) in [5.41, 5.74) is -2.97. The van der Waals surface area contributed by atoms with Gasteiger partial charge in [0.05, 0.1) is 11.0 Å². The number of aryl methyl sites for hydroxylation is 1. The third-order valence-corrected chi connectivity index (χ3v) is 6.82. The zero-order valence-corrected chi connectivity index (χ0v) is 20.7. The van der Waals surface area contributed by atoms with E-state index < -0.39 is 52.3 Å². The van der Waals surface area contributed by atoms with E-state index in [9.17, 15) is 37.4 Å². The van der Waals surface area contributed by atoms with Gasteiger partial charge in [-0.2, -0.15) is 13.2 Å². The van der Waals surface area contributed by atoms with E-state index in [1.807, 2.05) is 0 Å². The molecule has 0 spiro atoms. The minimum atomic E-state index is -4.76. The number of hydrogen-bond donors (Lipinski definition) is 2. The lowest BCUT2D eigenvalue weighted by molar-refractivity contribution is -0.138. The topological polar surface area (TPSA) is 83.8 Å². The van der Waals surface area contributed by atoms with Gasteiger partial charge in [-0.3, -0.25) is 9.59 Å². The number of hydrogen-bond acceptors (Lipinski definition) is 5. The van der Waals surface area contributed by atoms with Gasteiger partial charge < -0.3 is 14.9 Å². The quantitative estimate of drug-likeness (QED) is 0.263. The van der Waals surface area contributed by atoms with Crippen molar-refractivity contribution >= 4 is 11.6 Å². The molecule has 9 heteroatoms. The maximum Gasteiger partial charge on any atom is 0.416 e. The summed E-state index contributed by atoms with van der Waals surface area (Å²) >= 11 is 0. The molecule has 3 rings (SSSR count). The van der Waals surface area contributed by atoms with Gasteiger partial charge in [0.15, 0.2) is 11.6 Å². The van der Waals surface area contributed by atoms with Crippen molar-refractivity contribution in [1.29, 1.82) is 0 Å². The molecule has 2 aromatic rings. The van der Waals surface area contributed by atoms with Crippen molar-refractivity contribution in [2.75, 3.05) is 0 Å². The zero-order chi connectivity index (χ0) is 27.5. The van der Waals surface area contributed by atoms with Crippen molar-refractivity contribution < 1.29 is 42.1 Å². The Morgan fingerprint density at radius 2 is 1.57 bits per heavy atom. The number of carbonyl (C=O) groups is 2. The van der Waals surface area contributed by atoms with E-state index in [0.29, 0.717) is 0 Å². The van der Waals surface area contributed by atoms with Gasteiger partial charge in [0.25, 0.3) is 0 Å². The van der Waals surface area contributed by atoms with Crippen molar-refractivity contribution in [2.24, 2.45) is 5.41 Å². The van der Waals surface area contributed by atoms with Gasteiger partial charge in [0, 0.05) is 12.0 Å². The number of allylic oxidation sites excluding steroid dienone is 3. The molecule has 2 aromatic carbocycles. The number of benzene rings is 2. The molecule has 0 saturated carbocycles. The van der Waals surface area contributed by atoms with Crippen molar-refractivity contribution in [3.63, 3.8) is 0 Å². The molecule has 0 aromatic heterocycles. The highest BCUT2D eigenvalue weighted by atomic mass is 19.4. The first-order valence-electron chi connectivity index (χ1n) is 12.0. The second-order valence-corrected chi connectivity index (χ2v) is 8.82. The highest BCUT2D eigenvalue weighted by Gasteiger charge is 2.48. The Morgan fingerprint density at radius 1 is 0.973 bits per heavy atom. The Bertz CT molecular complexity index is 1250. The SMILES string of the molecule is CCC1=C(O)C(CC)(CC)C(=O)C(C(=O)CCc2ccc(Oc3ccc(F)cc3)cc2C(F)(F)F)=C1O. The maximum absolute atomic E-state index is 13.8. The number of carbonyl (C=O) groups excluding carboxylic acids is 2. The van der Waals surface area contributed by atoms with Crippen LogP contribution in [-0.4, -0.2) is 21.8 Å². The standard InChI is InChI=1S/C28H28F4O5/c1-4-20-24(34)23(26(36)27(5-2,6-3)25(20)35)22(33)14-8-16-7-11-19(15-21(16)28(30,31)32)37-18-12-9-17(29)10-13-18/h7,9-13,15,34-35H,4-6,8,14H2,1-3H3. The Balaban J connectivity index is 1.90. The molecule has 0 fully saturated rings. The number of rotatable bonds is 9. The van der Waals surface area contributed by atoms with Crippen molar-refractivity contribution in [1.82, 2.24) is 0 Å². The fourth-order valence-corrected chi connectivity index (χ4v) is 4.62. The molecule has 5 nitrogen and oxygen atoms in total. The molecule has 0 aliphatic heterocycles. The first-order valence-corrected chi connectivity index (χ1v) is 12.0. The van der Waals surface area contributed by atoms with E-state index in [1.54, 1.807) is 20.8 Å². The number of aliphatic hydroxyl groups excluding tert-OH is 2. The number of aliphatic hydroxyl groups is 2. The zero-order valence-electron chi connectivity index (χ0n) is 20.7. The maximum atomic E-state index is 13.8. The largest absolute Gasteiger partial charge is 0.511 e. The third-order valence-electron chi connectivity index (χ3n) is 6.82. The lowest BCUT2D eigenvalue weighted by Gasteiger charge is -2.35. The predicted molar refractivity (Wildman–Crippen MR) is 129 cm³/mol. The smallest absolute Gasteiger partial charge is 0.416 e. The molecule has 0 unspecified atom stereocenters. The lowest BCUT2D eigenvalue weighted by atomic mass is 9.68. The second-order valence-electron chi connectivity index (χ2n) is 8.82. The van der Waals surface area contributed by atoms with E-state index >= 15 is 0 Å². The summed E-state index contributed by atoms with van der Waals surface area (Å²) in [7, 11) is 0. The molecule has 0 bridgehead atoms.